The minimum absolute atomic E-state index is 0.265. The number of piperazine rings is 1. The molecule has 4 rings (SSSR count). The summed E-state index contributed by atoms with van der Waals surface area (Å²) in [7, 11) is 1.69. The van der Waals surface area contributed by atoms with E-state index < -0.39 is 0 Å². The van der Waals surface area contributed by atoms with E-state index in [2.05, 4.69) is 20.9 Å². The topological polar surface area (TPSA) is 79.8 Å². The zero-order valence-electron chi connectivity index (χ0n) is 18.7. The first kappa shape index (κ1) is 22.0. The first-order valence-corrected chi connectivity index (χ1v) is 11.1. The Morgan fingerprint density at radius 3 is 2.53 bits per heavy atom. The van der Waals surface area contributed by atoms with Gasteiger partial charge in [-0.3, -0.25) is 14.3 Å². The van der Waals surface area contributed by atoms with Crippen LogP contribution in [0.2, 0.25) is 0 Å². The maximum atomic E-state index is 12.9. The third-order valence-electron chi connectivity index (χ3n) is 5.86. The van der Waals surface area contributed by atoms with Crippen molar-refractivity contribution in [3.05, 3.63) is 63.3 Å². The quantitative estimate of drug-likeness (QED) is 0.582. The SMILES string of the molecule is CCCOc1ccc2c(=O)n(CCN3CCN(c4ccccc4OC)CC3)c(=O)[nH]c2c1. The highest BCUT2D eigenvalue weighted by molar-refractivity contribution is 5.78. The van der Waals surface area contributed by atoms with Gasteiger partial charge in [-0.2, -0.15) is 0 Å². The summed E-state index contributed by atoms with van der Waals surface area (Å²) in [6.45, 7) is 7.07. The molecule has 0 radical (unpaired) electrons. The van der Waals surface area contributed by atoms with Crippen LogP contribution in [-0.4, -0.2) is 60.9 Å². The van der Waals surface area contributed by atoms with E-state index in [1.54, 1.807) is 25.3 Å². The van der Waals surface area contributed by atoms with Crippen LogP contribution in [0.4, 0.5) is 5.69 Å². The van der Waals surface area contributed by atoms with Gasteiger partial charge in [-0.25, -0.2) is 4.79 Å². The summed E-state index contributed by atoms with van der Waals surface area (Å²) in [5, 5.41) is 0.495. The van der Waals surface area contributed by atoms with Gasteiger partial charge < -0.3 is 19.4 Å². The molecule has 0 aliphatic carbocycles. The molecule has 1 N–H and O–H groups in total. The van der Waals surface area contributed by atoms with Crippen molar-refractivity contribution in [3.63, 3.8) is 0 Å². The lowest BCUT2D eigenvalue weighted by molar-refractivity contribution is 0.245. The molecule has 0 atom stereocenters. The molecule has 0 spiro atoms. The van der Waals surface area contributed by atoms with Crippen LogP contribution in [0.1, 0.15) is 13.3 Å². The van der Waals surface area contributed by atoms with Crippen molar-refractivity contribution in [2.45, 2.75) is 19.9 Å². The first-order valence-electron chi connectivity index (χ1n) is 11.1. The second kappa shape index (κ2) is 9.91. The summed E-state index contributed by atoms with van der Waals surface area (Å²) in [5.41, 5.74) is 0.954. The number of benzene rings is 2. The Labute approximate surface area is 187 Å². The van der Waals surface area contributed by atoms with Crippen molar-refractivity contribution < 1.29 is 9.47 Å². The van der Waals surface area contributed by atoms with Gasteiger partial charge in [-0.05, 0) is 30.7 Å². The molecule has 2 heterocycles. The average molecular weight is 439 g/mol. The summed E-state index contributed by atoms with van der Waals surface area (Å²) in [6, 6.07) is 13.2. The van der Waals surface area contributed by atoms with Gasteiger partial charge in [0.2, 0.25) is 0 Å². The maximum absolute atomic E-state index is 12.9. The Bertz CT molecular complexity index is 1180. The Kier molecular flexibility index (Phi) is 6.80. The summed E-state index contributed by atoms with van der Waals surface area (Å²) < 4.78 is 12.4. The summed E-state index contributed by atoms with van der Waals surface area (Å²) >= 11 is 0. The second-order valence-electron chi connectivity index (χ2n) is 7.94. The molecule has 0 amide bonds. The van der Waals surface area contributed by atoms with E-state index in [-0.39, 0.29) is 11.2 Å². The summed E-state index contributed by atoms with van der Waals surface area (Å²) in [4.78, 5) is 32.9. The zero-order chi connectivity index (χ0) is 22.5. The van der Waals surface area contributed by atoms with Crippen molar-refractivity contribution in [2.75, 3.05) is 51.3 Å². The van der Waals surface area contributed by atoms with Gasteiger partial charge >= 0.3 is 5.69 Å². The van der Waals surface area contributed by atoms with Crippen LogP contribution in [-0.2, 0) is 6.54 Å². The highest BCUT2D eigenvalue weighted by Crippen LogP contribution is 2.28. The predicted octanol–water partition coefficient (Wildman–Crippen LogP) is 2.31. The van der Waals surface area contributed by atoms with Crippen LogP contribution in [0.3, 0.4) is 0 Å². The molecule has 8 nitrogen and oxygen atoms in total. The molecule has 0 bridgehead atoms. The third kappa shape index (κ3) is 4.65. The molecule has 32 heavy (non-hydrogen) atoms. The monoisotopic (exact) mass is 438 g/mol. The number of hydrogen-bond donors (Lipinski definition) is 1. The molecular weight excluding hydrogens is 408 g/mol. The number of aromatic amines is 1. The number of ether oxygens (including phenoxy) is 2. The van der Waals surface area contributed by atoms with Crippen molar-refractivity contribution in [2.24, 2.45) is 0 Å². The average Bonchev–Trinajstić information content (AvgIpc) is 2.82. The van der Waals surface area contributed by atoms with Gasteiger partial charge in [0.15, 0.2) is 0 Å². The lowest BCUT2D eigenvalue weighted by atomic mass is 10.2. The van der Waals surface area contributed by atoms with E-state index in [0.29, 0.717) is 36.3 Å². The van der Waals surface area contributed by atoms with E-state index in [1.165, 1.54) is 4.57 Å². The molecule has 8 heteroatoms. The van der Waals surface area contributed by atoms with Crippen molar-refractivity contribution in [3.8, 4) is 11.5 Å². The normalized spacial score (nSPS) is 14.6. The van der Waals surface area contributed by atoms with Gasteiger partial charge in [0, 0.05) is 45.3 Å². The number of rotatable bonds is 8. The van der Waals surface area contributed by atoms with E-state index >= 15 is 0 Å². The van der Waals surface area contributed by atoms with Crippen molar-refractivity contribution >= 4 is 16.6 Å². The highest BCUT2D eigenvalue weighted by Gasteiger charge is 2.20. The standard InChI is InChI=1S/C24H30N4O4/c1-3-16-32-18-8-9-19-20(17-18)25-24(30)28(23(19)29)15-12-26-10-13-27(14-11-26)21-6-4-5-7-22(21)31-2/h4-9,17H,3,10-16H2,1-2H3,(H,25,30). The van der Waals surface area contributed by atoms with Crippen LogP contribution in [0, 0.1) is 0 Å². The van der Waals surface area contributed by atoms with Crippen LogP contribution >= 0.6 is 0 Å². The molecule has 170 valence electrons. The second-order valence-corrected chi connectivity index (χ2v) is 7.94. The third-order valence-corrected chi connectivity index (χ3v) is 5.86. The van der Waals surface area contributed by atoms with Crippen LogP contribution in [0.15, 0.2) is 52.1 Å². The fourth-order valence-corrected chi connectivity index (χ4v) is 4.09. The summed E-state index contributed by atoms with van der Waals surface area (Å²) in [6.07, 6.45) is 0.892. The molecule has 1 aliphatic heterocycles. The Balaban J connectivity index is 1.41. The molecule has 3 aromatic rings. The van der Waals surface area contributed by atoms with Crippen molar-refractivity contribution in [1.29, 1.82) is 0 Å². The summed E-state index contributed by atoms with van der Waals surface area (Å²) in [5.74, 6) is 1.53. The number of nitrogens with one attached hydrogen (secondary N) is 1. The fourth-order valence-electron chi connectivity index (χ4n) is 4.09. The number of nitrogens with zero attached hydrogens (tertiary/aromatic N) is 3. The minimum Gasteiger partial charge on any atom is -0.495 e. The number of para-hydroxylation sites is 2. The highest BCUT2D eigenvalue weighted by atomic mass is 16.5. The molecule has 2 aromatic carbocycles. The zero-order valence-corrected chi connectivity index (χ0v) is 18.7. The Hall–Kier alpha value is -3.26. The minimum atomic E-state index is -0.386. The molecule has 0 unspecified atom stereocenters. The van der Waals surface area contributed by atoms with Gasteiger partial charge in [-0.15, -0.1) is 0 Å². The van der Waals surface area contributed by atoms with Crippen molar-refractivity contribution in [1.82, 2.24) is 14.5 Å². The first-order chi connectivity index (χ1) is 15.6. The number of hydrogen-bond acceptors (Lipinski definition) is 6. The maximum Gasteiger partial charge on any atom is 0.328 e. The Morgan fingerprint density at radius 2 is 1.78 bits per heavy atom. The lowest BCUT2D eigenvalue weighted by Crippen LogP contribution is -2.48. The lowest BCUT2D eigenvalue weighted by Gasteiger charge is -2.36. The molecule has 1 aromatic heterocycles. The number of methoxy groups -OCH3 is 1. The van der Waals surface area contributed by atoms with Gasteiger partial charge in [-0.1, -0.05) is 19.1 Å². The van der Waals surface area contributed by atoms with E-state index in [9.17, 15) is 9.59 Å². The molecule has 0 saturated carbocycles. The van der Waals surface area contributed by atoms with Gasteiger partial charge in [0.25, 0.3) is 5.56 Å². The van der Waals surface area contributed by atoms with Gasteiger partial charge in [0.05, 0.1) is 30.3 Å². The number of H-pyrrole nitrogens is 1. The predicted molar refractivity (Wildman–Crippen MR) is 126 cm³/mol. The molecule has 1 saturated heterocycles. The number of anilines is 1. The smallest absolute Gasteiger partial charge is 0.328 e. The fraction of sp³-hybridized carbons (Fsp3) is 0.417. The molecule has 1 aliphatic rings. The van der Waals surface area contributed by atoms with Crippen LogP contribution in [0.5, 0.6) is 11.5 Å². The van der Waals surface area contributed by atoms with Crippen LogP contribution < -0.4 is 25.6 Å². The number of fused-ring (bicyclic) bond motifs is 1. The molecule has 1 fully saturated rings. The Morgan fingerprint density at radius 1 is 1.00 bits per heavy atom. The van der Waals surface area contributed by atoms with E-state index in [1.807, 2.05) is 25.1 Å². The van der Waals surface area contributed by atoms with Gasteiger partial charge in [0.1, 0.15) is 11.5 Å². The number of aromatic nitrogens is 2. The largest absolute Gasteiger partial charge is 0.495 e. The van der Waals surface area contributed by atoms with Crippen LogP contribution in [0.25, 0.3) is 10.9 Å². The molecular formula is C24H30N4O4. The van der Waals surface area contributed by atoms with E-state index in [0.717, 1.165) is 44.0 Å². The van der Waals surface area contributed by atoms with E-state index in [4.69, 9.17) is 9.47 Å².